The lowest BCUT2D eigenvalue weighted by molar-refractivity contribution is -0.136. The molecule has 4 heteroatoms. The highest BCUT2D eigenvalue weighted by molar-refractivity contribution is 5.71. The summed E-state index contributed by atoms with van der Waals surface area (Å²) in [5.41, 5.74) is 2.82. The number of aliphatic carboxylic acids is 1. The van der Waals surface area contributed by atoms with Crippen molar-refractivity contribution in [1.29, 1.82) is 0 Å². The van der Waals surface area contributed by atoms with E-state index in [0.29, 0.717) is 5.56 Å². The van der Waals surface area contributed by atoms with Gasteiger partial charge in [-0.3, -0.25) is 9.59 Å². The minimum atomic E-state index is -0.876. The first-order valence-corrected chi connectivity index (χ1v) is 4.73. The van der Waals surface area contributed by atoms with Crippen LogP contribution in [0.1, 0.15) is 22.4 Å². The monoisotopic (exact) mass is 209 g/mol. The van der Waals surface area contributed by atoms with E-state index in [2.05, 4.69) is 0 Å². The van der Waals surface area contributed by atoms with Crippen LogP contribution in [-0.2, 0) is 18.3 Å². The Balaban J connectivity index is 3.52. The average molecular weight is 209 g/mol. The molecule has 0 amide bonds. The van der Waals surface area contributed by atoms with E-state index in [1.54, 1.807) is 27.8 Å². The zero-order valence-electron chi connectivity index (χ0n) is 9.42. The van der Waals surface area contributed by atoms with Crippen molar-refractivity contribution in [2.24, 2.45) is 7.05 Å². The van der Waals surface area contributed by atoms with Gasteiger partial charge in [-0.05, 0) is 31.9 Å². The first-order chi connectivity index (χ1) is 6.86. The number of nitrogens with zero attached hydrogens (tertiary/aromatic N) is 1. The summed E-state index contributed by atoms with van der Waals surface area (Å²) >= 11 is 0. The Kier molecular flexibility index (Phi) is 2.98. The Labute approximate surface area is 88.2 Å². The maximum absolute atomic E-state index is 11.7. The molecule has 0 fully saturated rings. The molecule has 1 N–H and O–H groups in total. The van der Waals surface area contributed by atoms with E-state index >= 15 is 0 Å². The number of hydrogen-bond acceptors (Lipinski definition) is 2. The molecule has 4 nitrogen and oxygen atoms in total. The molecule has 0 aliphatic heterocycles. The summed E-state index contributed by atoms with van der Waals surface area (Å²) in [7, 11) is 1.66. The van der Waals surface area contributed by atoms with Crippen molar-refractivity contribution in [2.45, 2.75) is 27.2 Å². The molecule has 1 aromatic rings. The Bertz CT molecular complexity index is 439. The minimum Gasteiger partial charge on any atom is -0.481 e. The van der Waals surface area contributed by atoms with Crippen LogP contribution in [0.3, 0.4) is 0 Å². The van der Waals surface area contributed by atoms with E-state index in [9.17, 15) is 9.59 Å². The quantitative estimate of drug-likeness (QED) is 0.788. The maximum Gasteiger partial charge on any atom is 0.307 e. The zero-order chi connectivity index (χ0) is 11.7. The summed E-state index contributed by atoms with van der Waals surface area (Å²) in [6.45, 7) is 5.29. The topological polar surface area (TPSA) is 59.3 Å². The average Bonchev–Trinajstić information content (AvgIpc) is 2.18. The second-order valence-corrected chi connectivity index (χ2v) is 3.75. The number of carbonyl (C=O) groups is 1. The molecule has 1 heterocycles. The van der Waals surface area contributed by atoms with Gasteiger partial charge >= 0.3 is 5.97 Å². The predicted molar refractivity (Wildman–Crippen MR) is 57.2 cm³/mol. The van der Waals surface area contributed by atoms with Crippen LogP contribution in [0.2, 0.25) is 0 Å². The number of aromatic nitrogens is 1. The second-order valence-electron chi connectivity index (χ2n) is 3.75. The highest BCUT2D eigenvalue weighted by Crippen LogP contribution is 2.14. The van der Waals surface area contributed by atoms with Gasteiger partial charge in [0.25, 0.3) is 5.56 Å². The molecule has 0 aliphatic rings. The van der Waals surface area contributed by atoms with Crippen LogP contribution in [0.25, 0.3) is 0 Å². The number of rotatable bonds is 2. The van der Waals surface area contributed by atoms with E-state index in [-0.39, 0.29) is 12.0 Å². The van der Waals surface area contributed by atoms with Gasteiger partial charge in [0.05, 0.1) is 6.42 Å². The summed E-state index contributed by atoms with van der Waals surface area (Å²) in [5.74, 6) is -0.876. The molecule has 0 bridgehead atoms. The van der Waals surface area contributed by atoms with E-state index in [1.807, 2.05) is 0 Å². The van der Waals surface area contributed by atoms with Crippen LogP contribution in [0.5, 0.6) is 0 Å². The van der Waals surface area contributed by atoms with Crippen LogP contribution < -0.4 is 5.56 Å². The molecule has 0 radical (unpaired) electrons. The third-order valence-electron chi connectivity index (χ3n) is 2.91. The fraction of sp³-hybridized carbons (Fsp3) is 0.455. The highest BCUT2D eigenvalue weighted by atomic mass is 16.4. The third-order valence-corrected chi connectivity index (χ3v) is 2.91. The van der Waals surface area contributed by atoms with Gasteiger partial charge in [-0.1, -0.05) is 0 Å². The van der Waals surface area contributed by atoms with Crippen molar-refractivity contribution in [1.82, 2.24) is 4.57 Å². The van der Waals surface area contributed by atoms with Crippen molar-refractivity contribution in [3.63, 3.8) is 0 Å². The van der Waals surface area contributed by atoms with Crippen LogP contribution in [0, 0.1) is 20.8 Å². The van der Waals surface area contributed by atoms with Crippen molar-refractivity contribution < 1.29 is 9.90 Å². The molecule has 0 aromatic carbocycles. The summed E-state index contributed by atoms with van der Waals surface area (Å²) in [4.78, 5) is 22.4. The Morgan fingerprint density at radius 2 is 1.80 bits per heavy atom. The molecule has 0 atom stereocenters. The van der Waals surface area contributed by atoms with Crippen molar-refractivity contribution >= 4 is 5.97 Å². The van der Waals surface area contributed by atoms with Crippen LogP contribution in [-0.4, -0.2) is 15.6 Å². The Morgan fingerprint density at radius 1 is 1.27 bits per heavy atom. The molecule has 0 aliphatic carbocycles. The number of carboxylic acids is 1. The molecule has 15 heavy (non-hydrogen) atoms. The molecule has 0 saturated heterocycles. The van der Waals surface area contributed by atoms with E-state index in [4.69, 9.17) is 5.11 Å². The molecule has 82 valence electrons. The van der Waals surface area contributed by atoms with Gasteiger partial charge in [-0.15, -0.1) is 0 Å². The first kappa shape index (κ1) is 11.5. The molecule has 1 rings (SSSR count). The van der Waals surface area contributed by atoms with Gasteiger partial charge < -0.3 is 9.67 Å². The van der Waals surface area contributed by atoms with Crippen LogP contribution in [0.4, 0.5) is 0 Å². The number of hydrogen-bond donors (Lipinski definition) is 1. The van der Waals surface area contributed by atoms with Gasteiger partial charge in [0, 0.05) is 18.3 Å². The Hall–Kier alpha value is -1.58. The third kappa shape index (κ3) is 1.93. The highest BCUT2D eigenvalue weighted by Gasteiger charge is 2.14. The summed E-state index contributed by atoms with van der Waals surface area (Å²) in [6.07, 6.45) is -0.0351. The van der Waals surface area contributed by atoms with Crippen LogP contribution in [0.15, 0.2) is 4.79 Å². The van der Waals surface area contributed by atoms with Gasteiger partial charge in [-0.25, -0.2) is 0 Å². The normalized spacial score (nSPS) is 10.4. The fourth-order valence-corrected chi connectivity index (χ4v) is 1.68. The summed E-state index contributed by atoms with van der Waals surface area (Å²) < 4.78 is 1.50. The molecule has 1 aromatic heterocycles. The minimum absolute atomic E-state index is 0.0351. The van der Waals surface area contributed by atoms with Crippen molar-refractivity contribution in [2.75, 3.05) is 0 Å². The maximum atomic E-state index is 11.7. The summed E-state index contributed by atoms with van der Waals surface area (Å²) in [5, 5.41) is 8.78. The van der Waals surface area contributed by atoms with E-state index in [0.717, 1.165) is 16.8 Å². The lowest BCUT2D eigenvalue weighted by atomic mass is 10.0. The van der Waals surface area contributed by atoms with E-state index in [1.165, 1.54) is 4.57 Å². The van der Waals surface area contributed by atoms with Gasteiger partial charge in [0.15, 0.2) is 0 Å². The lowest BCUT2D eigenvalue weighted by Gasteiger charge is -2.14. The molecule has 0 unspecified atom stereocenters. The van der Waals surface area contributed by atoms with Gasteiger partial charge in [0.1, 0.15) is 0 Å². The SMILES string of the molecule is Cc1c(CC(=O)O)c(C)n(C)c(=O)c1C. The molecule has 0 saturated carbocycles. The lowest BCUT2D eigenvalue weighted by Crippen LogP contribution is -2.25. The van der Waals surface area contributed by atoms with Gasteiger partial charge in [0.2, 0.25) is 0 Å². The fourth-order valence-electron chi connectivity index (χ4n) is 1.68. The van der Waals surface area contributed by atoms with Gasteiger partial charge in [-0.2, -0.15) is 0 Å². The predicted octanol–water partition coefficient (Wildman–Crippen LogP) is 0.938. The smallest absolute Gasteiger partial charge is 0.307 e. The molecular weight excluding hydrogens is 194 g/mol. The second kappa shape index (κ2) is 3.88. The first-order valence-electron chi connectivity index (χ1n) is 4.73. The Morgan fingerprint density at radius 3 is 2.27 bits per heavy atom. The molecular formula is C11H15NO3. The summed E-state index contributed by atoms with van der Waals surface area (Å²) in [6, 6.07) is 0. The number of pyridine rings is 1. The number of carboxylic acid groups (broad SMARTS) is 1. The standard InChI is InChI=1S/C11H15NO3/c1-6-7(2)11(15)12(4)8(3)9(6)5-10(13)14/h5H2,1-4H3,(H,13,14). The largest absolute Gasteiger partial charge is 0.481 e. The molecule has 0 spiro atoms. The van der Waals surface area contributed by atoms with Crippen molar-refractivity contribution in [3.8, 4) is 0 Å². The van der Waals surface area contributed by atoms with E-state index < -0.39 is 5.97 Å². The zero-order valence-corrected chi connectivity index (χ0v) is 9.42. The van der Waals surface area contributed by atoms with Crippen LogP contribution >= 0.6 is 0 Å². The van der Waals surface area contributed by atoms with Crippen molar-refractivity contribution in [3.05, 3.63) is 32.7 Å².